The van der Waals surface area contributed by atoms with E-state index in [2.05, 4.69) is 16.0 Å². The fraction of sp³-hybridized carbons (Fsp3) is 0.333. The third-order valence-corrected chi connectivity index (χ3v) is 6.86. The Morgan fingerprint density at radius 2 is 1.82 bits per heavy atom. The average molecular weight is 536 g/mol. The zero-order valence-corrected chi connectivity index (χ0v) is 23.0. The van der Waals surface area contributed by atoms with Gasteiger partial charge in [-0.25, -0.2) is 4.98 Å². The van der Waals surface area contributed by atoms with E-state index in [1.54, 1.807) is 14.2 Å². The van der Waals surface area contributed by atoms with Gasteiger partial charge in [0, 0.05) is 11.6 Å². The highest BCUT2D eigenvalue weighted by Gasteiger charge is 2.19. The van der Waals surface area contributed by atoms with Gasteiger partial charge >= 0.3 is 0 Å². The summed E-state index contributed by atoms with van der Waals surface area (Å²) in [6.45, 7) is 5.32. The molecule has 4 rings (SSSR count). The molecule has 1 amide bonds. The highest BCUT2D eigenvalue weighted by atomic mass is 35.5. The first kappa shape index (κ1) is 27.3. The largest absolute Gasteiger partial charge is 0.494 e. The van der Waals surface area contributed by atoms with Gasteiger partial charge in [0.1, 0.15) is 11.6 Å². The summed E-state index contributed by atoms with van der Waals surface area (Å²) in [7, 11) is 3.17. The molecular formula is C30H34ClN3O4. The maximum atomic E-state index is 12.9. The van der Waals surface area contributed by atoms with Crippen molar-refractivity contribution in [3.63, 3.8) is 0 Å². The van der Waals surface area contributed by atoms with E-state index in [1.165, 1.54) is 0 Å². The fourth-order valence-corrected chi connectivity index (χ4v) is 4.58. The van der Waals surface area contributed by atoms with Gasteiger partial charge in [-0.15, -0.1) is 0 Å². The molecule has 4 aromatic rings. The molecule has 8 heteroatoms. The normalized spacial score (nSPS) is 11.8. The molecule has 1 atom stereocenters. The highest BCUT2D eigenvalue weighted by Crippen LogP contribution is 2.28. The van der Waals surface area contributed by atoms with Crippen LogP contribution >= 0.6 is 11.6 Å². The number of rotatable bonds is 12. The summed E-state index contributed by atoms with van der Waals surface area (Å²) < 4.78 is 18.8. The third kappa shape index (κ3) is 6.58. The number of aryl methyl sites for hydroxylation is 2. The summed E-state index contributed by atoms with van der Waals surface area (Å²) in [6, 6.07) is 19.0. The lowest BCUT2D eigenvalue weighted by molar-refractivity contribution is -0.121. The van der Waals surface area contributed by atoms with E-state index in [0.29, 0.717) is 18.1 Å². The van der Waals surface area contributed by atoms with E-state index < -0.39 is 0 Å². The Morgan fingerprint density at radius 3 is 2.58 bits per heavy atom. The summed E-state index contributed by atoms with van der Waals surface area (Å²) in [5.41, 5.74) is 3.81. The molecule has 0 radical (unpaired) electrons. The molecule has 0 aliphatic rings. The molecule has 3 aromatic carbocycles. The third-order valence-electron chi connectivity index (χ3n) is 6.44. The van der Waals surface area contributed by atoms with Gasteiger partial charge in [-0.1, -0.05) is 29.8 Å². The van der Waals surface area contributed by atoms with Crippen LogP contribution in [0.4, 0.5) is 0 Å². The molecule has 38 heavy (non-hydrogen) atoms. The number of unbranched alkanes of at least 4 members (excludes halogenated alkanes) is 1. The van der Waals surface area contributed by atoms with Crippen LogP contribution in [0.1, 0.15) is 42.8 Å². The number of ether oxygens (including phenoxy) is 3. The maximum absolute atomic E-state index is 12.9. The molecule has 0 fully saturated rings. The van der Waals surface area contributed by atoms with Crippen LogP contribution < -0.4 is 19.5 Å². The van der Waals surface area contributed by atoms with E-state index in [9.17, 15) is 4.79 Å². The second-order valence-electron chi connectivity index (χ2n) is 9.23. The number of carbonyl (C=O) groups is 1. The van der Waals surface area contributed by atoms with Crippen molar-refractivity contribution in [2.75, 3.05) is 20.8 Å². The zero-order chi connectivity index (χ0) is 27.1. The number of aromatic nitrogens is 2. The molecule has 0 aliphatic heterocycles. The predicted octanol–water partition coefficient (Wildman–Crippen LogP) is 6.29. The Morgan fingerprint density at radius 1 is 1.03 bits per heavy atom. The Kier molecular flexibility index (Phi) is 9.13. The predicted molar refractivity (Wildman–Crippen MR) is 150 cm³/mol. The maximum Gasteiger partial charge on any atom is 0.224 e. The van der Waals surface area contributed by atoms with E-state index in [-0.39, 0.29) is 18.4 Å². The standard InChI is InChI=1S/C30H34ClN3O4/c1-20-17-23(12-13-24(20)31)38-16-8-7-15-34-26-10-6-5-9-25(26)33-30(34)21(2)32-29(35)19-22-11-14-27(36-3)28(18-22)37-4/h5-6,9-14,17-18,21H,7-8,15-16,19H2,1-4H3,(H,32,35). The van der Waals surface area contributed by atoms with Crippen LogP contribution in [-0.4, -0.2) is 36.3 Å². The minimum atomic E-state index is -0.261. The number of methoxy groups -OCH3 is 2. The second kappa shape index (κ2) is 12.7. The Labute approximate surface area is 228 Å². The van der Waals surface area contributed by atoms with Crippen molar-refractivity contribution < 1.29 is 19.0 Å². The zero-order valence-electron chi connectivity index (χ0n) is 22.3. The number of benzene rings is 3. The quantitative estimate of drug-likeness (QED) is 0.216. The van der Waals surface area contributed by atoms with Crippen LogP contribution in [-0.2, 0) is 17.8 Å². The van der Waals surface area contributed by atoms with E-state index in [0.717, 1.165) is 58.1 Å². The number of nitrogens with zero attached hydrogens (tertiary/aromatic N) is 2. The number of para-hydroxylation sites is 2. The van der Waals surface area contributed by atoms with Gasteiger partial charge in [-0.2, -0.15) is 0 Å². The monoisotopic (exact) mass is 535 g/mol. The number of imidazole rings is 1. The number of nitrogens with one attached hydrogen (secondary N) is 1. The summed E-state index contributed by atoms with van der Waals surface area (Å²) in [5.74, 6) is 2.80. The minimum absolute atomic E-state index is 0.0880. The van der Waals surface area contributed by atoms with Gasteiger partial charge in [0.25, 0.3) is 0 Å². The lowest BCUT2D eigenvalue weighted by Crippen LogP contribution is -2.30. The van der Waals surface area contributed by atoms with Crippen molar-refractivity contribution in [3.8, 4) is 17.2 Å². The van der Waals surface area contributed by atoms with Crippen molar-refractivity contribution in [1.82, 2.24) is 14.9 Å². The number of fused-ring (bicyclic) bond motifs is 1. The SMILES string of the molecule is COc1ccc(CC(=O)NC(C)c2nc3ccccc3n2CCCCOc2ccc(Cl)c(C)c2)cc1OC. The summed E-state index contributed by atoms with van der Waals surface area (Å²) >= 11 is 6.10. The van der Waals surface area contributed by atoms with Crippen LogP contribution in [0.15, 0.2) is 60.7 Å². The van der Waals surface area contributed by atoms with Crippen LogP contribution in [0, 0.1) is 6.92 Å². The first-order chi connectivity index (χ1) is 18.4. The fourth-order valence-electron chi connectivity index (χ4n) is 4.46. The summed E-state index contributed by atoms with van der Waals surface area (Å²) in [4.78, 5) is 17.8. The Balaban J connectivity index is 1.39. The molecule has 1 N–H and O–H groups in total. The number of hydrogen-bond acceptors (Lipinski definition) is 5. The van der Waals surface area contributed by atoms with Gasteiger partial charge in [0.15, 0.2) is 11.5 Å². The molecule has 0 bridgehead atoms. The topological polar surface area (TPSA) is 74.6 Å². The van der Waals surface area contributed by atoms with Gasteiger partial charge in [0.2, 0.25) is 5.91 Å². The smallest absolute Gasteiger partial charge is 0.224 e. The molecule has 200 valence electrons. The van der Waals surface area contributed by atoms with Gasteiger partial charge in [0.05, 0.1) is 44.3 Å². The Hall–Kier alpha value is -3.71. The van der Waals surface area contributed by atoms with Crippen LogP contribution in [0.3, 0.4) is 0 Å². The van der Waals surface area contributed by atoms with Crippen molar-refractivity contribution >= 4 is 28.5 Å². The van der Waals surface area contributed by atoms with Crippen LogP contribution in [0.25, 0.3) is 11.0 Å². The van der Waals surface area contributed by atoms with Crippen LogP contribution in [0.2, 0.25) is 5.02 Å². The average Bonchev–Trinajstić information content (AvgIpc) is 3.29. The lowest BCUT2D eigenvalue weighted by Gasteiger charge is -2.17. The first-order valence-electron chi connectivity index (χ1n) is 12.7. The van der Waals surface area contributed by atoms with Crippen molar-refractivity contribution in [2.24, 2.45) is 0 Å². The second-order valence-corrected chi connectivity index (χ2v) is 9.64. The molecule has 0 saturated heterocycles. The molecule has 0 spiro atoms. The molecule has 1 heterocycles. The molecular weight excluding hydrogens is 502 g/mol. The van der Waals surface area contributed by atoms with Gasteiger partial charge < -0.3 is 24.1 Å². The van der Waals surface area contributed by atoms with Crippen molar-refractivity contribution in [1.29, 1.82) is 0 Å². The van der Waals surface area contributed by atoms with E-state index >= 15 is 0 Å². The molecule has 7 nitrogen and oxygen atoms in total. The number of carbonyl (C=O) groups excluding carboxylic acids is 1. The van der Waals surface area contributed by atoms with Crippen LogP contribution in [0.5, 0.6) is 17.2 Å². The summed E-state index contributed by atoms with van der Waals surface area (Å²) in [5, 5.41) is 3.85. The summed E-state index contributed by atoms with van der Waals surface area (Å²) in [6.07, 6.45) is 2.02. The van der Waals surface area contributed by atoms with Gasteiger partial charge in [-0.05, 0) is 80.3 Å². The highest BCUT2D eigenvalue weighted by molar-refractivity contribution is 6.31. The van der Waals surface area contributed by atoms with E-state index in [4.69, 9.17) is 30.8 Å². The Bertz CT molecular complexity index is 1400. The van der Waals surface area contributed by atoms with Crippen molar-refractivity contribution in [2.45, 2.75) is 45.7 Å². The minimum Gasteiger partial charge on any atom is -0.494 e. The molecule has 1 aromatic heterocycles. The first-order valence-corrected chi connectivity index (χ1v) is 13.1. The van der Waals surface area contributed by atoms with Gasteiger partial charge in [-0.3, -0.25) is 4.79 Å². The number of halogens is 1. The van der Waals surface area contributed by atoms with Crippen molar-refractivity contribution in [3.05, 3.63) is 82.6 Å². The molecule has 0 aliphatic carbocycles. The number of hydrogen-bond donors (Lipinski definition) is 1. The lowest BCUT2D eigenvalue weighted by atomic mass is 10.1. The van der Waals surface area contributed by atoms with E-state index in [1.807, 2.05) is 68.4 Å². The number of amides is 1. The molecule has 1 unspecified atom stereocenters. The molecule has 0 saturated carbocycles.